The first-order valence-electron chi connectivity index (χ1n) is 9.91. The third kappa shape index (κ3) is 4.71. The van der Waals surface area contributed by atoms with Crippen molar-refractivity contribution in [3.05, 3.63) is 75.6 Å². The number of thioether (sulfide) groups is 1. The molecule has 0 aliphatic carbocycles. The molecule has 0 radical (unpaired) electrons. The Balaban J connectivity index is 1.47. The largest absolute Gasteiger partial charge is 0.493 e. The summed E-state index contributed by atoms with van der Waals surface area (Å²) in [4.78, 5) is 39.0. The SMILES string of the molecule is CCOc1ccc(/C=C2\SC(=O)N(CC(=O)Nc3cccc4ccccc34)C2=O)cc1Br. The standard InChI is InChI=1S/C24H19BrN2O4S/c1-2-31-20-11-10-15(12-18(20)25)13-21-23(29)27(24(30)32-21)14-22(28)26-19-9-5-7-16-6-3-4-8-17(16)19/h3-13H,2,14H2,1H3,(H,26,28)/b21-13-. The summed E-state index contributed by atoms with van der Waals surface area (Å²) in [6, 6.07) is 18.7. The quantitative estimate of drug-likeness (QED) is 0.432. The summed E-state index contributed by atoms with van der Waals surface area (Å²) in [6.07, 6.45) is 1.63. The topological polar surface area (TPSA) is 75.7 Å². The van der Waals surface area contributed by atoms with Gasteiger partial charge in [0.05, 0.1) is 16.0 Å². The van der Waals surface area contributed by atoms with Gasteiger partial charge in [-0.05, 0) is 69.8 Å². The van der Waals surface area contributed by atoms with E-state index in [0.29, 0.717) is 18.0 Å². The molecule has 0 saturated carbocycles. The van der Waals surface area contributed by atoms with Gasteiger partial charge in [0.25, 0.3) is 11.1 Å². The predicted molar refractivity (Wildman–Crippen MR) is 131 cm³/mol. The molecule has 1 aliphatic rings. The summed E-state index contributed by atoms with van der Waals surface area (Å²) in [6.45, 7) is 2.09. The lowest BCUT2D eigenvalue weighted by Gasteiger charge is -2.13. The number of amides is 3. The number of carbonyl (C=O) groups is 3. The zero-order chi connectivity index (χ0) is 22.7. The normalized spacial score (nSPS) is 14.9. The molecule has 162 valence electrons. The maximum absolute atomic E-state index is 12.8. The van der Waals surface area contributed by atoms with Crippen molar-refractivity contribution < 1.29 is 19.1 Å². The van der Waals surface area contributed by atoms with Crippen LogP contribution in [0.5, 0.6) is 5.75 Å². The summed E-state index contributed by atoms with van der Waals surface area (Å²) in [7, 11) is 0. The Morgan fingerprint density at radius 3 is 2.69 bits per heavy atom. The minimum absolute atomic E-state index is 0.268. The van der Waals surface area contributed by atoms with Crippen molar-refractivity contribution >= 4 is 67.3 Å². The lowest BCUT2D eigenvalue weighted by atomic mass is 10.1. The second kappa shape index (κ2) is 9.58. The second-order valence-corrected chi connectivity index (χ2v) is 8.81. The van der Waals surface area contributed by atoms with Crippen LogP contribution in [-0.2, 0) is 9.59 Å². The van der Waals surface area contributed by atoms with E-state index in [1.807, 2.05) is 49.4 Å². The van der Waals surface area contributed by atoms with Crippen molar-refractivity contribution in [2.75, 3.05) is 18.5 Å². The minimum Gasteiger partial charge on any atom is -0.493 e. The number of nitrogens with zero attached hydrogens (tertiary/aromatic N) is 1. The Bertz CT molecular complexity index is 1250. The number of anilines is 1. The molecule has 3 aromatic rings. The maximum atomic E-state index is 12.8. The zero-order valence-electron chi connectivity index (χ0n) is 17.1. The summed E-state index contributed by atoms with van der Waals surface area (Å²) in [5.74, 6) is -0.227. The van der Waals surface area contributed by atoms with Gasteiger partial charge >= 0.3 is 0 Å². The average Bonchev–Trinajstić information content (AvgIpc) is 3.03. The van der Waals surface area contributed by atoms with Crippen molar-refractivity contribution in [1.82, 2.24) is 4.90 Å². The van der Waals surface area contributed by atoms with Gasteiger partial charge in [-0.2, -0.15) is 0 Å². The smallest absolute Gasteiger partial charge is 0.294 e. The zero-order valence-corrected chi connectivity index (χ0v) is 19.5. The van der Waals surface area contributed by atoms with Crippen LogP contribution in [0.3, 0.4) is 0 Å². The first-order chi connectivity index (χ1) is 15.5. The van der Waals surface area contributed by atoms with E-state index in [0.717, 1.165) is 37.5 Å². The highest BCUT2D eigenvalue weighted by atomic mass is 79.9. The molecule has 1 N–H and O–H groups in total. The van der Waals surface area contributed by atoms with E-state index in [4.69, 9.17) is 4.74 Å². The molecule has 3 amide bonds. The molecule has 0 spiro atoms. The van der Waals surface area contributed by atoms with Crippen LogP contribution in [0.15, 0.2) is 70.0 Å². The Hall–Kier alpha value is -3.10. The first-order valence-corrected chi connectivity index (χ1v) is 11.5. The van der Waals surface area contributed by atoms with Crippen LogP contribution in [0.2, 0.25) is 0 Å². The lowest BCUT2D eigenvalue weighted by Crippen LogP contribution is -2.36. The highest BCUT2D eigenvalue weighted by molar-refractivity contribution is 9.10. The Morgan fingerprint density at radius 1 is 1.12 bits per heavy atom. The number of hydrogen-bond acceptors (Lipinski definition) is 5. The number of ether oxygens (including phenoxy) is 1. The van der Waals surface area contributed by atoms with Crippen molar-refractivity contribution in [2.45, 2.75) is 6.92 Å². The molecule has 0 unspecified atom stereocenters. The van der Waals surface area contributed by atoms with Crippen LogP contribution in [0, 0.1) is 0 Å². The number of halogens is 1. The highest BCUT2D eigenvalue weighted by Gasteiger charge is 2.36. The van der Waals surface area contributed by atoms with Gasteiger partial charge in [-0.15, -0.1) is 0 Å². The van der Waals surface area contributed by atoms with Crippen molar-refractivity contribution in [3.63, 3.8) is 0 Å². The van der Waals surface area contributed by atoms with Crippen LogP contribution in [0.4, 0.5) is 10.5 Å². The minimum atomic E-state index is -0.488. The number of fused-ring (bicyclic) bond motifs is 1. The molecule has 0 aromatic heterocycles. The van der Waals surface area contributed by atoms with Gasteiger partial charge < -0.3 is 10.1 Å². The average molecular weight is 511 g/mol. The van der Waals surface area contributed by atoms with E-state index in [9.17, 15) is 14.4 Å². The fraction of sp³-hybridized carbons (Fsp3) is 0.125. The van der Waals surface area contributed by atoms with E-state index in [1.54, 1.807) is 24.3 Å². The lowest BCUT2D eigenvalue weighted by molar-refractivity contribution is -0.127. The molecule has 1 fully saturated rings. The Labute approximate surface area is 197 Å². The van der Waals surface area contributed by atoms with Crippen LogP contribution in [0.25, 0.3) is 16.8 Å². The van der Waals surface area contributed by atoms with E-state index in [2.05, 4.69) is 21.2 Å². The third-order valence-corrected chi connectivity index (χ3v) is 6.32. The number of benzene rings is 3. The molecule has 32 heavy (non-hydrogen) atoms. The molecular formula is C24H19BrN2O4S. The van der Waals surface area contributed by atoms with Crippen molar-refractivity contribution in [2.24, 2.45) is 0 Å². The molecule has 0 bridgehead atoms. The van der Waals surface area contributed by atoms with Gasteiger partial charge in [0.2, 0.25) is 5.91 Å². The van der Waals surface area contributed by atoms with Gasteiger partial charge in [-0.25, -0.2) is 0 Å². The van der Waals surface area contributed by atoms with E-state index < -0.39 is 17.1 Å². The number of nitrogens with one attached hydrogen (secondary N) is 1. The molecule has 0 atom stereocenters. The number of hydrogen-bond donors (Lipinski definition) is 1. The first kappa shape index (κ1) is 22.1. The van der Waals surface area contributed by atoms with Gasteiger partial charge in [0.1, 0.15) is 12.3 Å². The molecule has 1 aliphatic heterocycles. The van der Waals surface area contributed by atoms with E-state index in [-0.39, 0.29) is 11.4 Å². The molecule has 1 heterocycles. The molecule has 3 aromatic carbocycles. The van der Waals surface area contributed by atoms with Crippen LogP contribution in [0.1, 0.15) is 12.5 Å². The van der Waals surface area contributed by atoms with Gasteiger partial charge in [0.15, 0.2) is 0 Å². The number of imide groups is 1. The van der Waals surface area contributed by atoms with Gasteiger partial charge in [0, 0.05) is 11.1 Å². The van der Waals surface area contributed by atoms with Crippen LogP contribution in [-0.4, -0.2) is 35.1 Å². The molecule has 8 heteroatoms. The molecule has 1 saturated heterocycles. The summed E-state index contributed by atoms with van der Waals surface area (Å²) in [5.41, 5.74) is 1.38. The molecular weight excluding hydrogens is 492 g/mol. The fourth-order valence-corrected chi connectivity index (χ4v) is 4.68. The molecule has 4 rings (SSSR count). The Morgan fingerprint density at radius 2 is 1.91 bits per heavy atom. The Kier molecular flexibility index (Phi) is 6.62. The maximum Gasteiger partial charge on any atom is 0.294 e. The van der Waals surface area contributed by atoms with E-state index in [1.165, 1.54) is 0 Å². The van der Waals surface area contributed by atoms with E-state index >= 15 is 0 Å². The highest BCUT2D eigenvalue weighted by Crippen LogP contribution is 2.34. The van der Waals surface area contributed by atoms with Crippen molar-refractivity contribution in [3.8, 4) is 5.75 Å². The predicted octanol–water partition coefficient (Wildman–Crippen LogP) is 5.68. The number of rotatable bonds is 6. The molecule has 6 nitrogen and oxygen atoms in total. The summed E-state index contributed by atoms with van der Waals surface area (Å²) < 4.78 is 6.24. The monoisotopic (exact) mass is 510 g/mol. The van der Waals surface area contributed by atoms with Crippen LogP contribution < -0.4 is 10.1 Å². The third-order valence-electron chi connectivity index (χ3n) is 4.79. The van der Waals surface area contributed by atoms with Gasteiger partial charge in [-0.3, -0.25) is 19.3 Å². The van der Waals surface area contributed by atoms with Crippen LogP contribution >= 0.6 is 27.7 Å². The van der Waals surface area contributed by atoms with Crippen molar-refractivity contribution in [1.29, 1.82) is 0 Å². The van der Waals surface area contributed by atoms with Gasteiger partial charge in [-0.1, -0.05) is 42.5 Å². The number of carbonyl (C=O) groups excluding carboxylic acids is 3. The summed E-state index contributed by atoms with van der Waals surface area (Å²) in [5, 5.41) is 4.21. The fourth-order valence-electron chi connectivity index (χ4n) is 3.33. The second-order valence-electron chi connectivity index (χ2n) is 6.97. The summed E-state index contributed by atoms with van der Waals surface area (Å²) >= 11 is 4.26.